The number of nitrogens with two attached hydrogens (primary N) is 1. The molecule has 0 aromatic heterocycles. The first-order chi connectivity index (χ1) is 8.53. The maximum absolute atomic E-state index is 11.9. The van der Waals surface area contributed by atoms with E-state index in [0.29, 0.717) is 0 Å². The number of benzene rings is 1. The van der Waals surface area contributed by atoms with E-state index >= 15 is 0 Å². The van der Waals surface area contributed by atoms with E-state index in [1.165, 1.54) is 4.72 Å². The van der Waals surface area contributed by atoms with Crippen molar-refractivity contribution in [3.05, 3.63) is 28.3 Å². The Hall–Kier alpha value is -1.88. The molecule has 0 saturated carbocycles. The molecule has 0 fully saturated rings. The van der Waals surface area contributed by atoms with Crippen molar-refractivity contribution in [1.29, 1.82) is 0 Å². The zero-order chi connectivity index (χ0) is 14.8. The van der Waals surface area contributed by atoms with Crippen LogP contribution in [0.1, 0.15) is 0 Å². The third-order valence-electron chi connectivity index (χ3n) is 1.93. The number of rotatable bonds is 4. The Morgan fingerprint density at radius 1 is 1.37 bits per heavy atom. The number of anilines is 1. The lowest BCUT2D eigenvalue weighted by molar-refractivity contribution is -0.387. The number of hydrogen-bond acceptors (Lipinski definition) is 5. The van der Waals surface area contributed by atoms with Crippen LogP contribution in [0, 0.1) is 10.1 Å². The molecule has 1 aromatic carbocycles. The van der Waals surface area contributed by atoms with Gasteiger partial charge in [0.05, 0.1) is 4.92 Å². The van der Waals surface area contributed by atoms with Crippen LogP contribution in [0.4, 0.5) is 24.5 Å². The van der Waals surface area contributed by atoms with Gasteiger partial charge in [0.2, 0.25) is 10.0 Å². The maximum atomic E-state index is 11.9. The number of nitrogens with one attached hydrogen (secondary N) is 1. The summed E-state index contributed by atoms with van der Waals surface area (Å²) in [5.41, 5.74) is 4.28. The van der Waals surface area contributed by atoms with Gasteiger partial charge in [0.15, 0.2) is 4.90 Å². The van der Waals surface area contributed by atoms with Crippen LogP contribution in [0.15, 0.2) is 23.1 Å². The minimum Gasteiger partial charge on any atom is -0.399 e. The van der Waals surface area contributed by atoms with Crippen molar-refractivity contribution in [1.82, 2.24) is 4.72 Å². The second kappa shape index (κ2) is 5.01. The number of nitrogen functional groups attached to an aromatic ring is 1. The summed E-state index contributed by atoms with van der Waals surface area (Å²) in [6, 6.07) is 2.56. The van der Waals surface area contributed by atoms with E-state index < -0.39 is 38.3 Å². The van der Waals surface area contributed by atoms with E-state index in [0.717, 1.165) is 18.2 Å². The van der Waals surface area contributed by atoms with Gasteiger partial charge in [-0.3, -0.25) is 10.1 Å². The highest BCUT2D eigenvalue weighted by atomic mass is 32.2. The van der Waals surface area contributed by atoms with Gasteiger partial charge in [-0.2, -0.15) is 13.2 Å². The van der Waals surface area contributed by atoms with E-state index in [1.807, 2.05) is 0 Å². The van der Waals surface area contributed by atoms with E-state index in [2.05, 4.69) is 0 Å². The Morgan fingerprint density at radius 3 is 2.42 bits per heavy atom. The number of nitro groups is 1. The Labute approximate surface area is 105 Å². The maximum Gasteiger partial charge on any atom is 0.402 e. The molecule has 106 valence electrons. The molecule has 0 aliphatic heterocycles. The SMILES string of the molecule is Nc1ccc(S(=O)(=O)NCC(F)(F)F)c([N+](=O)[O-])c1. The fraction of sp³-hybridized carbons (Fsp3) is 0.250. The van der Waals surface area contributed by atoms with Crippen molar-refractivity contribution in [2.24, 2.45) is 0 Å². The Bertz CT molecular complexity index is 600. The van der Waals surface area contributed by atoms with Crippen molar-refractivity contribution in [2.45, 2.75) is 11.1 Å². The second-order valence-corrected chi connectivity index (χ2v) is 5.16. The highest BCUT2D eigenvalue weighted by molar-refractivity contribution is 7.89. The topological polar surface area (TPSA) is 115 Å². The molecule has 1 aromatic rings. The molecule has 0 bridgehead atoms. The number of nitro benzene ring substituents is 1. The van der Waals surface area contributed by atoms with Crippen LogP contribution < -0.4 is 10.5 Å². The van der Waals surface area contributed by atoms with Gasteiger partial charge in [0.1, 0.15) is 6.54 Å². The molecule has 0 aliphatic rings. The minimum atomic E-state index is -4.77. The van der Waals surface area contributed by atoms with Crippen LogP contribution in [0.3, 0.4) is 0 Å². The van der Waals surface area contributed by atoms with Crippen LogP contribution in [0.5, 0.6) is 0 Å². The highest BCUT2D eigenvalue weighted by Gasteiger charge is 2.32. The summed E-state index contributed by atoms with van der Waals surface area (Å²) >= 11 is 0. The molecule has 7 nitrogen and oxygen atoms in total. The minimum absolute atomic E-state index is 0.0820. The predicted molar refractivity (Wildman–Crippen MR) is 58.8 cm³/mol. The van der Waals surface area contributed by atoms with Crippen LogP contribution in [-0.2, 0) is 10.0 Å². The molecule has 0 atom stereocenters. The van der Waals surface area contributed by atoms with Crippen molar-refractivity contribution >= 4 is 21.4 Å². The van der Waals surface area contributed by atoms with E-state index in [9.17, 15) is 31.7 Å². The molecule has 3 N–H and O–H groups in total. The Kier molecular flexibility index (Phi) is 4.00. The summed E-state index contributed by atoms with van der Waals surface area (Å²) < 4.78 is 60.2. The van der Waals surface area contributed by atoms with Gasteiger partial charge in [-0.25, -0.2) is 13.1 Å². The molecule has 0 radical (unpaired) electrons. The monoisotopic (exact) mass is 299 g/mol. The first-order valence-corrected chi connectivity index (χ1v) is 6.11. The molecule has 0 heterocycles. The van der Waals surface area contributed by atoms with Gasteiger partial charge < -0.3 is 5.73 Å². The number of hydrogen-bond donors (Lipinski definition) is 2. The average molecular weight is 299 g/mol. The van der Waals surface area contributed by atoms with Gasteiger partial charge in [0.25, 0.3) is 5.69 Å². The summed E-state index contributed by atoms with van der Waals surface area (Å²) in [6.07, 6.45) is -4.77. The summed E-state index contributed by atoms with van der Waals surface area (Å²) in [5, 5.41) is 10.7. The first kappa shape index (κ1) is 15.2. The standard InChI is InChI=1S/C8H8F3N3O4S/c9-8(10,11)4-13-19(17,18)7-2-1-5(12)3-6(7)14(15)16/h1-3,13H,4,12H2. The molecule has 0 spiro atoms. The molecule has 1 rings (SSSR count). The fourth-order valence-electron chi connectivity index (χ4n) is 1.16. The van der Waals surface area contributed by atoms with Crippen LogP contribution in [0.2, 0.25) is 0 Å². The zero-order valence-corrected chi connectivity index (χ0v) is 9.96. The lowest BCUT2D eigenvalue weighted by Gasteiger charge is -2.09. The van der Waals surface area contributed by atoms with Crippen molar-refractivity contribution < 1.29 is 26.5 Å². The van der Waals surface area contributed by atoms with E-state index in [1.54, 1.807) is 0 Å². The lowest BCUT2D eigenvalue weighted by Crippen LogP contribution is -2.34. The molecule has 0 saturated heterocycles. The molecular formula is C8H8F3N3O4S. The highest BCUT2D eigenvalue weighted by Crippen LogP contribution is 2.26. The third kappa shape index (κ3) is 4.06. The van der Waals surface area contributed by atoms with Crippen LogP contribution in [0.25, 0.3) is 0 Å². The number of nitrogens with zero attached hydrogens (tertiary/aromatic N) is 1. The summed E-state index contributed by atoms with van der Waals surface area (Å²) in [4.78, 5) is 8.74. The van der Waals surface area contributed by atoms with Crippen molar-refractivity contribution in [2.75, 3.05) is 12.3 Å². The lowest BCUT2D eigenvalue weighted by atomic mass is 10.3. The predicted octanol–water partition coefficient (Wildman–Crippen LogP) is 1.02. The quantitative estimate of drug-likeness (QED) is 0.489. The Morgan fingerprint density at radius 2 is 1.95 bits per heavy atom. The van der Waals surface area contributed by atoms with Crippen molar-refractivity contribution in [3.63, 3.8) is 0 Å². The number of sulfonamides is 1. The zero-order valence-electron chi connectivity index (χ0n) is 9.14. The first-order valence-electron chi connectivity index (χ1n) is 4.63. The average Bonchev–Trinajstić information content (AvgIpc) is 2.25. The summed E-state index contributed by atoms with van der Waals surface area (Å²) in [5.74, 6) is 0. The molecule has 19 heavy (non-hydrogen) atoms. The van der Waals surface area contributed by atoms with Crippen LogP contribution in [-0.4, -0.2) is 26.1 Å². The fourth-order valence-corrected chi connectivity index (χ4v) is 2.32. The van der Waals surface area contributed by atoms with Gasteiger partial charge >= 0.3 is 6.18 Å². The largest absolute Gasteiger partial charge is 0.402 e. The van der Waals surface area contributed by atoms with Gasteiger partial charge in [-0.1, -0.05) is 0 Å². The van der Waals surface area contributed by atoms with Gasteiger partial charge in [0, 0.05) is 11.8 Å². The molecule has 0 aliphatic carbocycles. The number of halogens is 3. The molecule has 11 heteroatoms. The smallest absolute Gasteiger partial charge is 0.399 e. The number of alkyl halides is 3. The molecule has 0 unspecified atom stereocenters. The van der Waals surface area contributed by atoms with Crippen LogP contribution >= 0.6 is 0 Å². The third-order valence-corrected chi connectivity index (χ3v) is 3.38. The van der Waals surface area contributed by atoms with E-state index in [4.69, 9.17) is 5.73 Å². The molecule has 0 amide bonds. The normalized spacial score (nSPS) is 12.4. The Balaban J connectivity index is 3.18. The van der Waals surface area contributed by atoms with Gasteiger partial charge in [-0.05, 0) is 12.1 Å². The van der Waals surface area contributed by atoms with Crippen molar-refractivity contribution in [3.8, 4) is 0 Å². The second-order valence-electron chi connectivity index (χ2n) is 3.42. The van der Waals surface area contributed by atoms with Gasteiger partial charge in [-0.15, -0.1) is 0 Å². The summed E-state index contributed by atoms with van der Waals surface area (Å²) in [7, 11) is -4.65. The summed E-state index contributed by atoms with van der Waals surface area (Å²) in [6.45, 7) is -1.82. The molecular weight excluding hydrogens is 291 g/mol. The van der Waals surface area contributed by atoms with E-state index in [-0.39, 0.29) is 5.69 Å².